The third-order valence-electron chi connectivity index (χ3n) is 3.39. The molecule has 0 bridgehead atoms. The Morgan fingerprint density at radius 3 is 3.00 bits per heavy atom. The molecule has 0 spiro atoms. The number of ether oxygens (including phenoxy) is 1. The monoisotopic (exact) mass is 226 g/mol. The SMILES string of the molecule is O=C(C1CCCCCN1)N1CCCOCC1. The summed E-state index contributed by atoms with van der Waals surface area (Å²) in [5.41, 5.74) is 0. The van der Waals surface area contributed by atoms with Crippen LogP contribution < -0.4 is 5.32 Å². The van der Waals surface area contributed by atoms with Crippen molar-refractivity contribution in [3.05, 3.63) is 0 Å². The van der Waals surface area contributed by atoms with Crippen molar-refractivity contribution < 1.29 is 9.53 Å². The third kappa shape index (κ3) is 3.19. The highest BCUT2D eigenvalue weighted by Gasteiger charge is 2.25. The van der Waals surface area contributed by atoms with E-state index in [0.29, 0.717) is 6.61 Å². The van der Waals surface area contributed by atoms with Crippen LogP contribution in [0.25, 0.3) is 0 Å². The first-order chi connectivity index (χ1) is 7.88. The van der Waals surface area contributed by atoms with Gasteiger partial charge in [0.05, 0.1) is 12.6 Å². The Morgan fingerprint density at radius 1 is 1.12 bits per heavy atom. The Hall–Kier alpha value is -0.610. The number of carbonyl (C=O) groups excluding carboxylic acids is 1. The Balaban J connectivity index is 1.88. The lowest BCUT2D eigenvalue weighted by atomic mass is 10.1. The molecule has 1 unspecified atom stereocenters. The quantitative estimate of drug-likeness (QED) is 0.718. The Bertz CT molecular complexity index is 195. The minimum atomic E-state index is 0.0561. The molecule has 1 amide bonds. The van der Waals surface area contributed by atoms with Gasteiger partial charge in [-0.25, -0.2) is 0 Å². The second-order valence-corrected chi connectivity index (χ2v) is 4.65. The van der Waals surface area contributed by atoms with Gasteiger partial charge in [0.2, 0.25) is 5.91 Å². The molecule has 2 rings (SSSR count). The maximum absolute atomic E-state index is 12.3. The van der Waals surface area contributed by atoms with Crippen molar-refractivity contribution in [3.63, 3.8) is 0 Å². The molecule has 1 atom stereocenters. The van der Waals surface area contributed by atoms with Gasteiger partial charge in [-0.15, -0.1) is 0 Å². The molecular formula is C12H22N2O2. The van der Waals surface area contributed by atoms with Gasteiger partial charge in [0.25, 0.3) is 0 Å². The van der Waals surface area contributed by atoms with Crippen molar-refractivity contribution in [1.29, 1.82) is 0 Å². The fraction of sp³-hybridized carbons (Fsp3) is 0.917. The molecule has 2 saturated heterocycles. The molecule has 16 heavy (non-hydrogen) atoms. The van der Waals surface area contributed by atoms with Gasteiger partial charge in [0.1, 0.15) is 0 Å². The van der Waals surface area contributed by atoms with E-state index in [0.717, 1.165) is 39.1 Å². The van der Waals surface area contributed by atoms with Gasteiger partial charge in [-0.2, -0.15) is 0 Å². The summed E-state index contributed by atoms with van der Waals surface area (Å²) < 4.78 is 5.37. The lowest BCUT2D eigenvalue weighted by Gasteiger charge is -2.25. The standard InChI is InChI=1S/C12H22N2O2/c15-12(11-5-2-1-3-6-13-11)14-7-4-9-16-10-8-14/h11,13H,1-10H2. The predicted octanol–water partition coefficient (Wildman–Crippen LogP) is 0.767. The number of carbonyl (C=O) groups is 1. The summed E-state index contributed by atoms with van der Waals surface area (Å²) in [6, 6.07) is 0.0561. The first kappa shape index (κ1) is 11.9. The summed E-state index contributed by atoms with van der Waals surface area (Å²) >= 11 is 0. The van der Waals surface area contributed by atoms with E-state index in [1.54, 1.807) is 0 Å². The minimum Gasteiger partial charge on any atom is -0.380 e. The molecule has 4 heteroatoms. The molecule has 4 nitrogen and oxygen atoms in total. The lowest BCUT2D eigenvalue weighted by molar-refractivity contribution is -0.133. The topological polar surface area (TPSA) is 41.6 Å². The van der Waals surface area contributed by atoms with Crippen molar-refractivity contribution >= 4 is 5.91 Å². The number of hydrogen-bond acceptors (Lipinski definition) is 3. The molecule has 2 fully saturated rings. The zero-order valence-corrected chi connectivity index (χ0v) is 9.91. The molecule has 92 valence electrons. The van der Waals surface area contributed by atoms with Crippen LogP contribution in [-0.4, -0.2) is 49.7 Å². The van der Waals surface area contributed by atoms with Crippen molar-refractivity contribution in [1.82, 2.24) is 10.2 Å². The number of rotatable bonds is 1. The molecule has 2 heterocycles. The molecule has 2 aliphatic rings. The highest BCUT2D eigenvalue weighted by atomic mass is 16.5. The van der Waals surface area contributed by atoms with E-state index in [1.165, 1.54) is 19.3 Å². The molecule has 0 radical (unpaired) electrons. The van der Waals surface area contributed by atoms with Gasteiger partial charge < -0.3 is 15.0 Å². The zero-order valence-electron chi connectivity index (χ0n) is 9.91. The Kier molecular flexibility index (Phi) is 4.60. The first-order valence-corrected chi connectivity index (χ1v) is 6.48. The molecular weight excluding hydrogens is 204 g/mol. The van der Waals surface area contributed by atoms with E-state index in [2.05, 4.69) is 5.32 Å². The maximum Gasteiger partial charge on any atom is 0.239 e. The van der Waals surface area contributed by atoms with Gasteiger partial charge in [-0.3, -0.25) is 4.79 Å². The molecule has 1 N–H and O–H groups in total. The summed E-state index contributed by atoms with van der Waals surface area (Å²) in [7, 11) is 0. The van der Waals surface area contributed by atoms with Crippen LogP contribution in [0.1, 0.15) is 32.1 Å². The minimum absolute atomic E-state index is 0.0561. The summed E-state index contributed by atoms with van der Waals surface area (Å²) in [5.74, 6) is 0.285. The fourth-order valence-electron chi connectivity index (χ4n) is 2.43. The Labute approximate surface area is 97.3 Å². The maximum atomic E-state index is 12.3. The van der Waals surface area contributed by atoms with E-state index in [1.807, 2.05) is 4.90 Å². The average molecular weight is 226 g/mol. The Morgan fingerprint density at radius 2 is 2.06 bits per heavy atom. The van der Waals surface area contributed by atoms with Gasteiger partial charge >= 0.3 is 0 Å². The van der Waals surface area contributed by atoms with Crippen LogP contribution in [0.3, 0.4) is 0 Å². The van der Waals surface area contributed by atoms with E-state index in [4.69, 9.17) is 4.74 Å². The number of hydrogen-bond donors (Lipinski definition) is 1. The third-order valence-corrected chi connectivity index (χ3v) is 3.39. The lowest BCUT2D eigenvalue weighted by Crippen LogP contribution is -2.47. The number of nitrogens with zero attached hydrogens (tertiary/aromatic N) is 1. The van der Waals surface area contributed by atoms with Gasteiger partial charge in [-0.1, -0.05) is 12.8 Å². The van der Waals surface area contributed by atoms with Crippen molar-refractivity contribution in [2.24, 2.45) is 0 Å². The van der Waals surface area contributed by atoms with E-state index in [-0.39, 0.29) is 11.9 Å². The van der Waals surface area contributed by atoms with E-state index in [9.17, 15) is 4.79 Å². The van der Waals surface area contributed by atoms with Crippen LogP contribution >= 0.6 is 0 Å². The molecule has 0 aliphatic carbocycles. The van der Waals surface area contributed by atoms with E-state index >= 15 is 0 Å². The molecule has 0 aromatic carbocycles. The van der Waals surface area contributed by atoms with Crippen LogP contribution in [0.15, 0.2) is 0 Å². The van der Waals surface area contributed by atoms with Gasteiger partial charge in [0.15, 0.2) is 0 Å². The van der Waals surface area contributed by atoms with Crippen LogP contribution in [0.5, 0.6) is 0 Å². The summed E-state index contributed by atoms with van der Waals surface area (Å²) in [5, 5.41) is 3.37. The number of nitrogens with one attached hydrogen (secondary N) is 1. The summed E-state index contributed by atoms with van der Waals surface area (Å²) in [6.45, 7) is 4.09. The smallest absolute Gasteiger partial charge is 0.239 e. The van der Waals surface area contributed by atoms with E-state index < -0.39 is 0 Å². The van der Waals surface area contributed by atoms with Crippen molar-refractivity contribution in [2.45, 2.75) is 38.1 Å². The molecule has 0 saturated carbocycles. The average Bonchev–Trinajstić information content (AvgIpc) is 2.73. The zero-order chi connectivity index (χ0) is 11.2. The fourth-order valence-corrected chi connectivity index (χ4v) is 2.43. The molecule has 2 aliphatic heterocycles. The van der Waals surface area contributed by atoms with Crippen LogP contribution in [0.4, 0.5) is 0 Å². The second-order valence-electron chi connectivity index (χ2n) is 4.65. The highest BCUT2D eigenvalue weighted by Crippen LogP contribution is 2.11. The van der Waals surface area contributed by atoms with Crippen molar-refractivity contribution in [2.75, 3.05) is 32.8 Å². The highest BCUT2D eigenvalue weighted by molar-refractivity contribution is 5.81. The normalized spacial score (nSPS) is 28.2. The second kappa shape index (κ2) is 6.21. The van der Waals surface area contributed by atoms with Gasteiger partial charge in [-0.05, 0) is 25.8 Å². The van der Waals surface area contributed by atoms with Crippen LogP contribution in [0, 0.1) is 0 Å². The van der Waals surface area contributed by atoms with Crippen LogP contribution in [-0.2, 0) is 9.53 Å². The summed E-state index contributed by atoms with van der Waals surface area (Å²) in [6.07, 6.45) is 5.59. The number of amides is 1. The predicted molar refractivity (Wildman–Crippen MR) is 62.3 cm³/mol. The molecule has 0 aromatic rings. The first-order valence-electron chi connectivity index (χ1n) is 6.48. The molecule has 0 aromatic heterocycles. The van der Waals surface area contributed by atoms with Crippen molar-refractivity contribution in [3.8, 4) is 0 Å². The largest absolute Gasteiger partial charge is 0.380 e. The van der Waals surface area contributed by atoms with Crippen LogP contribution in [0.2, 0.25) is 0 Å². The summed E-state index contributed by atoms with van der Waals surface area (Å²) in [4.78, 5) is 14.2. The van der Waals surface area contributed by atoms with Gasteiger partial charge in [0, 0.05) is 19.7 Å².